The zero-order chi connectivity index (χ0) is 18.4. The topological polar surface area (TPSA) is 52.9 Å². The first kappa shape index (κ1) is 18.2. The number of hydrogen-bond donors (Lipinski definition) is 1. The zero-order valence-electron chi connectivity index (χ0n) is 14.3. The van der Waals surface area contributed by atoms with Crippen molar-refractivity contribution in [2.75, 3.05) is 0 Å². The minimum atomic E-state index is -0.0613. The Balaban J connectivity index is 1.69. The third-order valence-electron chi connectivity index (χ3n) is 3.93. The number of nitrogens with zero attached hydrogens (tertiary/aromatic N) is 1. The molecule has 0 aliphatic carbocycles. The van der Waals surface area contributed by atoms with Gasteiger partial charge in [-0.3, -0.25) is 4.79 Å². The molecule has 3 nitrogen and oxygen atoms in total. The average molecular weight is 379 g/mol. The summed E-state index contributed by atoms with van der Waals surface area (Å²) >= 11 is 3.27. The van der Waals surface area contributed by atoms with Gasteiger partial charge in [0.05, 0.1) is 23.2 Å². The molecule has 0 saturated carbocycles. The number of rotatable bonds is 6. The number of nitriles is 1. The number of thioether (sulfide) groups is 1. The Labute approximate surface area is 161 Å². The highest BCUT2D eigenvalue weighted by molar-refractivity contribution is 7.98. The van der Waals surface area contributed by atoms with Crippen LogP contribution >= 0.6 is 23.1 Å². The molecule has 1 aromatic heterocycles. The van der Waals surface area contributed by atoms with Crippen LogP contribution in [0, 0.1) is 11.3 Å². The van der Waals surface area contributed by atoms with Gasteiger partial charge in [0.15, 0.2) is 0 Å². The third kappa shape index (κ3) is 4.54. The highest BCUT2D eigenvalue weighted by Gasteiger charge is 2.15. The summed E-state index contributed by atoms with van der Waals surface area (Å²) in [6, 6.07) is 21.3. The van der Waals surface area contributed by atoms with E-state index in [0.717, 1.165) is 21.1 Å². The van der Waals surface area contributed by atoms with E-state index in [1.54, 1.807) is 23.1 Å². The molecule has 1 amide bonds. The normalized spacial score (nSPS) is 11.5. The predicted octanol–water partition coefficient (Wildman–Crippen LogP) is 5.40. The number of amides is 1. The summed E-state index contributed by atoms with van der Waals surface area (Å²) in [7, 11) is 0. The van der Waals surface area contributed by atoms with E-state index in [2.05, 4.69) is 11.4 Å². The molecule has 0 aliphatic rings. The molecule has 1 N–H and O–H groups in total. The van der Waals surface area contributed by atoms with Gasteiger partial charge in [0.1, 0.15) is 0 Å². The number of benzene rings is 2. The first-order valence-corrected chi connectivity index (χ1v) is 10.1. The molecular formula is C21H18N2OS2. The van der Waals surface area contributed by atoms with E-state index in [1.807, 2.05) is 73.0 Å². The Kier molecular flexibility index (Phi) is 6.11. The van der Waals surface area contributed by atoms with Crippen molar-refractivity contribution in [3.05, 3.63) is 87.6 Å². The largest absolute Gasteiger partial charge is 0.345 e. The van der Waals surface area contributed by atoms with Gasteiger partial charge in [0.2, 0.25) is 0 Å². The van der Waals surface area contributed by atoms with Crippen molar-refractivity contribution >= 4 is 29.0 Å². The Hall–Kier alpha value is -2.55. The van der Waals surface area contributed by atoms with Crippen molar-refractivity contribution in [2.24, 2.45) is 0 Å². The summed E-state index contributed by atoms with van der Waals surface area (Å²) in [5.74, 6) is 0.685. The molecule has 0 radical (unpaired) electrons. The Morgan fingerprint density at radius 2 is 1.92 bits per heavy atom. The highest BCUT2D eigenvalue weighted by atomic mass is 32.2. The summed E-state index contributed by atoms with van der Waals surface area (Å²) in [4.78, 5) is 14.8. The summed E-state index contributed by atoms with van der Waals surface area (Å²) in [5, 5.41) is 14.0. The van der Waals surface area contributed by atoms with Gasteiger partial charge in [-0.1, -0.05) is 30.3 Å². The second kappa shape index (κ2) is 8.70. The van der Waals surface area contributed by atoms with Gasteiger partial charge in [-0.25, -0.2) is 0 Å². The maximum absolute atomic E-state index is 12.7. The van der Waals surface area contributed by atoms with Gasteiger partial charge in [-0.05, 0) is 48.2 Å². The number of carbonyl (C=O) groups is 1. The van der Waals surface area contributed by atoms with Gasteiger partial charge in [-0.15, -0.1) is 23.1 Å². The molecule has 3 rings (SSSR count). The monoisotopic (exact) mass is 378 g/mol. The minimum Gasteiger partial charge on any atom is -0.345 e. The minimum absolute atomic E-state index is 0.0147. The molecule has 3 aromatic rings. The lowest BCUT2D eigenvalue weighted by Crippen LogP contribution is -2.26. The lowest BCUT2D eigenvalue weighted by atomic mass is 10.2. The number of hydrogen-bond acceptors (Lipinski definition) is 4. The molecule has 1 unspecified atom stereocenters. The molecule has 0 saturated heterocycles. The van der Waals surface area contributed by atoms with E-state index in [0.29, 0.717) is 11.1 Å². The van der Waals surface area contributed by atoms with Gasteiger partial charge in [0, 0.05) is 15.5 Å². The van der Waals surface area contributed by atoms with E-state index in [1.165, 1.54) is 0 Å². The van der Waals surface area contributed by atoms with Gasteiger partial charge in [-0.2, -0.15) is 5.26 Å². The van der Waals surface area contributed by atoms with Crippen LogP contribution in [0.25, 0.3) is 0 Å². The summed E-state index contributed by atoms with van der Waals surface area (Å²) in [5.41, 5.74) is 2.46. The van der Waals surface area contributed by atoms with E-state index < -0.39 is 0 Å². The molecule has 0 aliphatic heterocycles. The standard InChI is InChI=1S/C21H18N2OS2/c1-15(19-7-4-12-25-19)23-21(24)18-5-2-3-6-20(18)26-14-17-10-8-16(13-22)9-11-17/h2-12,15H,14H2,1H3,(H,23,24). The van der Waals surface area contributed by atoms with Crippen LogP contribution in [-0.4, -0.2) is 5.91 Å². The second-order valence-corrected chi connectivity index (χ2v) is 7.80. The van der Waals surface area contributed by atoms with Crippen molar-refractivity contribution in [3.8, 4) is 6.07 Å². The number of nitrogens with one attached hydrogen (secondary N) is 1. The predicted molar refractivity (Wildman–Crippen MR) is 107 cm³/mol. The number of carbonyl (C=O) groups excluding carboxylic acids is 1. The average Bonchev–Trinajstić information content (AvgIpc) is 3.22. The Bertz CT molecular complexity index is 912. The molecule has 0 fully saturated rings. The quantitative estimate of drug-likeness (QED) is 0.584. The van der Waals surface area contributed by atoms with Crippen molar-refractivity contribution in [2.45, 2.75) is 23.6 Å². The van der Waals surface area contributed by atoms with Crippen molar-refractivity contribution in [1.82, 2.24) is 5.32 Å². The molecule has 0 bridgehead atoms. The molecule has 26 heavy (non-hydrogen) atoms. The SMILES string of the molecule is CC(NC(=O)c1ccccc1SCc1ccc(C#N)cc1)c1cccs1. The van der Waals surface area contributed by atoms with E-state index in [-0.39, 0.29) is 11.9 Å². The zero-order valence-corrected chi connectivity index (χ0v) is 15.9. The maximum atomic E-state index is 12.7. The van der Waals surface area contributed by atoms with Crippen molar-refractivity contribution in [3.63, 3.8) is 0 Å². The van der Waals surface area contributed by atoms with E-state index in [9.17, 15) is 4.79 Å². The van der Waals surface area contributed by atoms with Crippen LogP contribution in [0.2, 0.25) is 0 Å². The molecule has 0 spiro atoms. The molecule has 1 atom stereocenters. The lowest BCUT2D eigenvalue weighted by Gasteiger charge is -2.14. The Morgan fingerprint density at radius 1 is 1.15 bits per heavy atom. The highest BCUT2D eigenvalue weighted by Crippen LogP contribution is 2.27. The van der Waals surface area contributed by atoms with Crippen LogP contribution in [0.15, 0.2) is 70.9 Å². The van der Waals surface area contributed by atoms with Gasteiger partial charge >= 0.3 is 0 Å². The van der Waals surface area contributed by atoms with Gasteiger partial charge < -0.3 is 5.32 Å². The summed E-state index contributed by atoms with van der Waals surface area (Å²) in [6.07, 6.45) is 0. The molecule has 130 valence electrons. The molecule has 1 heterocycles. The fraction of sp³-hybridized carbons (Fsp3) is 0.143. The molecule has 2 aromatic carbocycles. The van der Waals surface area contributed by atoms with Crippen LogP contribution in [0.4, 0.5) is 0 Å². The second-order valence-electron chi connectivity index (χ2n) is 5.80. The smallest absolute Gasteiger partial charge is 0.252 e. The van der Waals surface area contributed by atoms with Gasteiger partial charge in [0.25, 0.3) is 5.91 Å². The summed E-state index contributed by atoms with van der Waals surface area (Å²) in [6.45, 7) is 2.00. The van der Waals surface area contributed by atoms with E-state index in [4.69, 9.17) is 5.26 Å². The van der Waals surface area contributed by atoms with Crippen LogP contribution in [-0.2, 0) is 5.75 Å². The fourth-order valence-electron chi connectivity index (χ4n) is 2.50. The van der Waals surface area contributed by atoms with Crippen LogP contribution in [0.5, 0.6) is 0 Å². The maximum Gasteiger partial charge on any atom is 0.252 e. The number of thiophene rings is 1. The lowest BCUT2D eigenvalue weighted by molar-refractivity contribution is 0.0937. The van der Waals surface area contributed by atoms with E-state index >= 15 is 0 Å². The third-order valence-corrected chi connectivity index (χ3v) is 6.13. The first-order chi connectivity index (χ1) is 12.7. The van der Waals surface area contributed by atoms with Crippen molar-refractivity contribution in [1.29, 1.82) is 5.26 Å². The van der Waals surface area contributed by atoms with Crippen LogP contribution in [0.1, 0.15) is 39.3 Å². The molecular weight excluding hydrogens is 360 g/mol. The molecule has 5 heteroatoms. The summed E-state index contributed by atoms with van der Waals surface area (Å²) < 4.78 is 0. The Morgan fingerprint density at radius 3 is 2.62 bits per heavy atom. The first-order valence-electron chi connectivity index (χ1n) is 8.22. The fourth-order valence-corrected chi connectivity index (χ4v) is 4.24. The van der Waals surface area contributed by atoms with Crippen LogP contribution in [0.3, 0.4) is 0 Å². The van der Waals surface area contributed by atoms with Crippen LogP contribution < -0.4 is 5.32 Å². The van der Waals surface area contributed by atoms with Crippen molar-refractivity contribution < 1.29 is 4.79 Å².